The highest BCUT2D eigenvalue weighted by molar-refractivity contribution is 7.26. The van der Waals surface area contributed by atoms with Crippen molar-refractivity contribution in [2.24, 2.45) is 0 Å². The van der Waals surface area contributed by atoms with Crippen molar-refractivity contribution < 1.29 is 0 Å². The fourth-order valence-corrected chi connectivity index (χ4v) is 9.72. The lowest BCUT2D eigenvalue weighted by atomic mass is 9.67. The Labute approximate surface area is 300 Å². The molecule has 242 valence electrons. The number of benzene rings is 6. The molecule has 0 radical (unpaired) electrons. The molecule has 0 N–H and O–H groups in total. The first-order valence-corrected chi connectivity index (χ1v) is 18.5. The topological polar surface area (TPSA) is 62.5 Å². The molecule has 6 aromatic carbocycles. The second kappa shape index (κ2) is 11.8. The van der Waals surface area contributed by atoms with Gasteiger partial charge in [0, 0.05) is 42.3 Å². The molecule has 8 aromatic rings. The Morgan fingerprint density at radius 3 is 1.92 bits per heavy atom. The highest BCUT2D eigenvalue weighted by atomic mass is 32.1. The van der Waals surface area contributed by atoms with Gasteiger partial charge in [-0.25, -0.2) is 15.0 Å². The molecular weight excluding hydrogens is 641 g/mol. The summed E-state index contributed by atoms with van der Waals surface area (Å²) in [5, 5.41) is 12.1. The summed E-state index contributed by atoms with van der Waals surface area (Å²) >= 11 is 1.80. The second-order valence-electron chi connectivity index (χ2n) is 13.8. The van der Waals surface area contributed by atoms with Crippen LogP contribution in [0, 0.1) is 11.3 Å². The zero-order valence-electron chi connectivity index (χ0n) is 27.9. The average molecular weight is 673 g/mol. The normalized spacial score (nSPS) is 14.4. The van der Waals surface area contributed by atoms with Gasteiger partial charge in [0.1, 0.15) is 0 Å². The van der Waals surface area contributed by atoms with Gasteiger partial charge in [-0.05, 0) is 82.6 Å². The van der Waals surface area contributed by atoms with Gasteiger partial charge in [-0.15, -0.1) is 11.3 Å². The van der Waals surface area contributed by atoms with Gasteiger partial charge in [0.15, 0.2) is 17.5 Å². The number of fused-ring (bicyclic) bond motifs is 8. The summed E-state index contributed by atoms with van der Waals surface area (Å²) in [4.78, 5) is 15.0. The molecule has 0 atom stereocenters. The summed E-state index contributed by atoms with van der Waals surface area (Å²) < 4.78 is 2.41. The van der Waals surface area contributed by atoms with E-state index in [0.717, 1.165) is 35.1 Å². The van der Waals surface area contributed by atoms with Gasteiger partial charge < -0.3 is 0 Å². The van der Waals surface area contributed by atoms with Gasteiger partial charge in [-0.1, -0.05) is 116 Å². The van der Waals surface area contributed by atoms with E-state index in [-0.39, 0.29) is 5.41 Å². The van der Waals surface area contributed by atoms with E-state index in [1.165, 1.54) is 72.8 Å². The molecule has 0 amide bonds. The van der Waals surface area contributed by atoms with Crippen molar-refractivity contribution in [3.63, 3.8) is 0 Å². The maximum Gasteiger partial charge on any atom is 0.165 e. The number of rotatable bonds is 4. The highest BCUT2D eigenvalue weighted by Gasteiger charge is 2.43. The van der Waals surface area contributed by atoms with Crippen molar-refractivity contribution in [2.45, 2.75) is 37.5 Å². The van der Waals surface area contributed by atoms with E-state index in [9.17, 15) is 5.26 Å². The number of thiophene rings is 1. The van der Waals surface area contributed by atoms with E-state index < -0.39 is 0 Å². The molecule has 10 rings (SSSR count). The maximum absolute atomic E-state index is 9.70. The van der Waals surface area contributed by atoms with Gasteiger partial charge >= 0.3 is 0 Å². The Bertz CT molecular complexity index is 2620. The maximum atomic E-state index is 9.70. The van der Waals surface area contributed by atoms with Crippen molar-refractivity contribution in [1.29, 1.82) is 5.26 Å². The monoisotopic (exact) mass is 672 g/mol. The number of aromatic nitrogens is 3. The van der Waals surface area contributed by atoms with Crippen LogP contribution in [0.5, 0.6) is 0 Å². The molecule has 0 bridgehead atoms. The van der Waals surface area contributed by atoms with E-state index in [2.05, 4.69) is 72.8 Å². The minimum Gasteiger partial charge on any atom is -0.208 e. The van der Waals surface area contributed by atoms with Crippen molar-refractivity contribution in [2.75, 3.05) is 0 Å². The average Bonchev–Trinajstić information content (AvgIpc) is 3.70. The van der Waals surface area contributed by atoms with Gasteiger partial charge in [0.25, 0.3) is 0 Å². The fourth-order valence-electron chi connectivity index (χ4n) is 8.53. The molecule has 1 saturated carbocycles. The minimum absolute atomic E-state index is 0.0305. The SMILES string of the molecule is N#Cc1ccc2c(c1)-c1ccc(-c3ccc4sc5c(-c6nc(-c7ccccc7)nc(-c7ccccc7)n6)cccc5c4c3)cc1C21CCCCC1. The first-order chi connectivity index (χ1) is 25.2. The van der Waals surface area contributed by atoms with Gasteiger partial charge in [-0.3, -0.25) is 0 Å². The van der Waals surface area contributed by atoms with E-state index in [4.69, 9.17) is 15.0 Å². The van der Waals surface area contributed by atoms with Crippen LogP contribution in [0.15, 0.2) is 133 Å². The largest absolute Gasteiger partial charge is 0.208 e. The third-order valence-electron chi connectivity index (χ3n) is 11.0. The Kier molecular flexibility index (Phi) is 6.94. The summed E-state index contributed by atoms with van der Waals surface area (Å²) in [5.74, 6) is 2.01. The van der Waals surface area contributed by atoms with E-state index >= 15 is 0 Å². The molecular formula is C46H32N4S. The summed E-state index contributed by atoms with van der Waals surface area (Å²) in [6.45, 7) is 0. The van der Waals surface area contributed by atoms with Crippen LogP contribution in [0.25, 0.3) is 76.6 Å². The number of nitrogens with zero attached hydrogens (tertiary/aromatic N) is 4. The first kappa shape index (κ1) is 29.9. The van der Waals surface area contributed by atoms with Crippen LogP contribution < -0.4 is 0 Å². The highest BCUT2D eigenvalue weighted by Crippen LogP contribution is 2.56. The van der Waals surface area contributed by atoms with E-state index in [1.54, 1.807) is 11.3 Å². The summed E-state index contributed by atoms with van der Waals surface area (Å²) in [5.41, 5.74) is 11.5. The van der Waals surface area contributed by atoms with Crippen LogP contribution in [0.3, 0.4) is 0 Å². The summed E-state index contributed by atoms with van der Waals surface area (Å²) in [7, 11) is 0. The van der Waals surface area contributed by atoms with Crippen molar-refractivity contribution >= 4 is 31.5 Å². The quantitative estimate of drug-likeness (QED) is 0.187. The molecule has 1 fully saturated rings. The van der Waals surface area contributed by atoms with Crippen LogP contribution in [0.1, 0.15) is 48.8 Å². The zero-order valence-corrected chi connectivity index (χ0v) is 28.8. The first-order valence-electron chi connectivity index (χ1n) is 17.7. The Hall–Kier alpha value is -5.96. The zero-order chi connectivity index (χ0) is 33.9. The van der Waals surface area contributed by atoms with Crippen molar-refractivity contribution in [1.82, 2.24) is 15.0 Å². The molecule has 2 aliphatic carbocycles. The third kappa shape index (κ3) is 4.82. The smallest absolute Gasteiger partial charge is 0.165 e. The van der Waals surface area contributed by atoms with Crippen LogP contribution in [0.2, 0.25) is 0 Å². The van der Waals surface area contributed by atoms with Crippen LogP contribution >= 0.6 is 11.3 Å². The van der Waals surface area contributed by atoms with Crippen molar-refractivity contribution in [3.8, 4) is 62.5 Å². The molecule has 2 aromatic heterocycles. The Morgan fingerprint density at radius 1 is 0.510 bits per heavy atom. The molecule has 1 spiro atoms. The molecule has 0 saturated heterocycles. The fraction of sp³-hybridized carbons (Fsp3) is 0.130. The summed E-state index contributed by atoms with van der Waals surface area (Å²) in [6.07, 6.45) is 6.08. The predicted molar refractivity (Wildman–Crippen MR) is 208 cm³/mol. The predicted octanol–water partition coefficient (Wildman–Crippen LogP) is 12.0. The van der Waals surface area contributed by atoms with Gasteiger partial charge in [0.2, 0.25) is 0 Å². The molecule has 4 nitrogen and oxygen atoms in total. The van der Waals surface area contributed by atoms with Crippen LogP contribution in [-0.4, -0.2) is 15.0 Å². The van der Waals surface area contributed by atoms with Crippen LogP contribution in [0.4, 0.5) is 0 Å². The number of hydrogen-bond acceptors (Lipinski definition) is 5. The standard InChI is InChI=1S/C46H32N4S/c47-28-29-17-21-39-37(25-29)34-20-18-33(27-40(34)46(39)23-8-3-9-24-46)32-19-22-41-38(26-32)35-15-10-16-36(42(35)51-41)45-49-43(30-11-4-1-5-12-30)48-44(50-45)31-13-6-2-7-14-31/h1-2,4-7,10-22,25-27H,3,8-9,23-24H2. The van der Waals surface area contributed by atoms with Crippen molar-refractivity contribution in [3.05, 3.63) is 150 Å². The third-order valence-corrected chi connectivity index (χ3v) is 12.2. The van der Waals surface area contributed by atoms with E-state index in [1.807, 2.05) is 66.7 Å². The van der Waals surface area contributed by atoms with Gasteiger partial charge in [-0.2, -0.15) is 5.26 Å². The summed E-state index contributed by atoms with van der Waals surface area (Å²) in [6, 6.07) is 49.4. The lowest BCUT2D eigenvalue weighted by Crippen LogP contribution is -2.28. The number of nitriles is 1. The molecule has 2 aliphatic rings. The molecule has 0 aliphatic heterocycles. The molecule has 5 heteroatoms. The minimum atomic E-state index is 0.0305. The lowest BCUT2D eigenvalue weighted by Gasteiger charge is -2.36. The number of hydrogen-bond donors (Lipinski definition) is 0. The molecule has 2 heterocycles. The molecule has 0 unspecified atom stereocenters. The second-order valence-corrected chi connectivity index (χ2v) is 14.9. The van der Waals surface area contributed by atoms with E-state index in [0.29, 0.717) is 17.5 Å². The lowest BCUT2D eigenvalue weighted by molar-refractivity contribution is 0.353. The molecule has 51 heavy (non-hydrogen) atoms. The Morgan fingerprint density at radius 2 is 1.20 bits per heavy atom. The Balaban J connectivity index is 1.10. The van der Waals surface area contributed by atoms with Gasteiger partial charge in [0.05, 0.1) is 11.6 Å². The van der Waals surface area contributed by atoms with Crippen LogP contribution in [-0.2, 0) is 5.41 Å².